The predicted molar refractivity (Wildman–Crippen MR) is 128 cm³/mol. The molecule has 1 saturated heterocycles. The van der Waals surface area contributed by atoms with E-state index in [1.807, 2.05) is 42.5 Å². The molecule has 0 saturated carbocycles. The maximum absolute atomic E-state index is 13.2. The van der Waals surface area contributed by atoms with Gasteiger partial charge >= 0.3 is 0 Å². The molecule has 4 aromatic rings. The van der Waals surface area contributed by atoms with E-state index in [0.29, 0.717) is 22.1 Å². The summed E-state index contributed by atoms with van der Waals surface area (Å²) in [6.45, 7) is 2.14. The Morgan fingerprint density at radius 2 is 1.41 bits per heavy atom. The molecule has 0 radical (unpaired) electrons. The Morgan fingerprint density at radius 1 is 0.750 bits per heavy atom. The van der Waals surface area contributed by atoms with Crippen LogP contribution in [0.5, 0.6) is 0 Å². The first-order chi connectivity index (χ1) is 15.7. The second-order valence-corrected chi connectivity index (χ2v) is 8.00. The average molecular weight is 425 g/mol. The summed E-state index contributed by atoms with van der Waals surface area (Å²) in [5, 5.41) is 8.37. The van der Waals surface area contributed by atoms with Crippen LogP contribution in [0, 0.1) is 0 Å². The summed E-state index contributed by atoms with van der Waals surface area (Å²) in [4.78, 5) is 28.6. The number of aromatic nitrogens is 2. The number of hydrogen-bond acceptors (Lipinski definition) is 4. The Hall–Kier alpha value is -3.93. The van der Waals surface area contributed by atoms with Crippen molar-refractivity contribution in [1.29, 1.82) is 0 Å². The van der Waals surface area contributed by atoms with Gasteiger partial charge in [0.25, 0.3) is 11.5 Å². The van der Waals surface area contributed by atoms with Crippen LogP contribution in [-0.2, 0) is 0 Å². The van der Waals surface area contributed by atoms with Crippen LogP contribution in [0.15, 0.2) is 83.7 Å². The number of rotatable bonds is 4. The second-order valence-electron chi connectivity index (χ2n) is 8.00. The molecule has 160 valence electrons. The third kappa shape index (κ3) is 3.87. The first kappa shape index (κ1) is 20.0. The molecule has 3 aromatic carbocycles. The van der Waals surface area contributed by atoms with Crippen LogP contribution in [0.3, 0.4) is 0 Å². The van der Waals surface area contributed by atoms with Crippen LogP contribution < -0.4 is 15.8 Å². The molecule has 0 atom stereocenters. The number of hydrogen-bond donors (Lipinski definition) is 1. The van der Waals surface area contributed by atoms with Gasteiger partial charge in [0.05, 0.1) is 11.1 Å². The maximum Gasteiger partial charge on any atom is 0.279 e. The highest BCUT2D eigenvalue weighted by Gasteiger charge is 2.18. The van der Waals surface area contributed by atoms with Crippen LogP contribution in [0.1, 0.15) is 29.8 Å². The van der Waals surface area contributed by atoms with E-state index in [4.69, 9.17) is 0 Å². The van der Waals surface area contributed by atoms with Crippen molar-refractivity contribution >= 4 is 28.1 Å². The summed E-state index contributed by atoms with van der Waals surface area (Å²) in [5.74, 6) is -0.350. The molecule has 6 heteroatoms. The minimum Gasteiger partial charge on any atom is -0.372 e. The predicted octanol–water partition coefficient (Wildman–Crippen LogP) is 4.63. The fourth-order valence-corrected chi connectivity index (χ4v) is 4.20. The van der Waals surface area contributed by atoms with Crippen molar-refractivity contribution in [3.63, 3.8) is 0 Å². The zero-order chi connectivity index (χ0) is 21.9. The van der Waals surface area contributed by atoms with Crippen molar-refractivity contribution in [2.45, 2.75) is 19.3 Å². The lowest BCUT2D eigenvalue weighted by Crippen LogP contribution is -2.29. The van der Waals surface area contributed by atoms with E-state index in [1.165, 1.54) is 29.6 Å². The Kier molecular flexibility index (Phi) is 5.42. The molecular formula is C26H24N4O2. The number of anilines is 2. The fourth-order valence-electron chi connectivity index (χ4n) is 4.20. The van der Waals surface area contributed by atoms with Gasteiger partial charge in [0.1, 0.15) is 0 Å². The van der Waals surface area contributed by atoms with Gasteiger partial charge in [0.15, 0.2) is 5.69 Å². The van der Waals surface area contributed by atoms with Crippen LogP contribution in [0.25, 0.3) is 16.5 Å². The highest BCUT2D eigenvalue weighted by atomic mass is 16.2. The largest absolute Gasteiger partial charge is 0.372 e. The molecule has 1 aliphatic rings. The molecule has 0 bridgehead atoms. The van der Waals surface area contributed by atoms with E-state index < -0.39 is 0 Å². The van der Waals surface area contributed by atoms with Crippen LogP contribution in [-0.4, -0.2) is 28.8 Å². The quantitative estimate of drug-likeness (QED) is 0.519. The Labute approximate surface area is 186 Å². The number of nitrogens with one attached hydrogen (secondary N) is 1. The van der Waals surface area contributed by atoms with E-state index >= 15 is 0 Å². The fraction of sp³-hybridized carbons (Fsp3) is 0.192. The highest BCUT2D eigenvalue weighted by Crippen LogP contribution is 2.23. The van der Waals surface area contributed by atoms with Crippen molar-refractivity contribution in [3.05, 3.63) is 94.9 Å². The van der Waals surface area contributed by atoms with Gasteiger partial charge < -0.3 is 10.2 Å². The highest BCUT2D eigenvalue weighted by molar-refractivity contribution is 6.11. The molecule has 0 aliphatic carbocycles. The summed E-state index contributed by atoms with van der Waals surface area (Å²) in [6, 6.07) is 24.1. The number of carbonyl (C=O) groups is 1. The summed E-state index contributed by atoms with van der Waals surface area (Å²) < 4.78 is 1.29. The molecule has 32 heavy (non-hydrogen) atoms. The standard InChI is InChI=1S/C26H24N4O2/c31-25(27-19-13-15-20(16-14-19)29-17-7-2-8-18-29)24-22-11-5-6-12-23(22)26(32)30(28-24)21-9-3-1-4-10-21/h1,3-6,9-16H,2,7-8,17-18H2,(H,27,31). The van der Waals surface area contributed by atoms with Gasteiger partial charge in [-0.2, -0.15) is 9.78 Å². The molecule has 1 N–H and O–H groups in total. The van der Waals surface area contributed by atoms with Gasteiger partial charge in [-0.05, 0) is 61.7 Å². The third-order valence-electron chi connectivity index (χ3n) is 5.87. The average Bonchev–Trinajstić information content (AvgIpc) is 2.86. The number of para-hydroxylation sites is 1. The molecule has 5 rings (SSSR count). The number of piperidine rings is 1. The van der Waals surface area contributed by atoms with E-state index in [-0.39, 0.29) is 17.2 Å². The topological polar surface area (TPSA) is 67.2 Å². The van der Waals surface area contributed by atoms with Crippen LogP contribution in [0.4, 0.5) is 11.4 Å². The van der Waals surface area contributed by atoms with Crippen molar-refractivity contribution in [3.8, 4) is 5.69 Å². The van der Waals surface area contributed by atoms with E-state index in [2.05, 4.69) is 15.3 Å². The van der Waals surface area contributed by atoms with Crippen LogP contribution in [0.2, 0.25) is 0 Å². The molecule has 2 heterocycles. The van der Waals surface area contributed by atoms with Crippen molar-refractivity contribution in [2.24, 2.45) is 0 Å². The van der Waals surface area contributed by atoms with Gasteiger partial charge in [-0.25, -0.2) is 0 Å². The molecule has 1 aliphatic heterocycles. The lowest BCUT2D eigenvalue weighted by molar-refractivity contribution is 0.102. The Bertz CT molecular complexity index is 1310. The SMILES string of the molecule is O=C(Nc1ccc(N2CCCCC2)cc1)c1nn(-c2ccccc2)c(=O)c2ccccc12. The number of fused-ring (bicyclic) bond motifs is 1. The molecule has 1 aromatic heterocycles. The van der Waals surface area contributed by atoms with E-state index in [1.54, 1.807) is 36.4 Å². The smallest absolute Gasteiger partial charge is 0.279 e. The van der Waals surface area contributed by atoms with Gasteiger partial charge in [-0.1, -0.05) is 36.4 Å². The monoisotopic (exact) mass is 424 g/mol. The molecule has 0 spiro atoms. The first-order valence-electron chi connectivity index (χ1n) is 10.9. The second kappa shape index (κ2) is 8.67. The number of amides is 1. The molecule has 6 nitrogen and oxygen atoms in total. The first-order valence-corrected chi connectivity index (χ1v) is 10.9. The lowest BCUT2D eigenvalue weighted by atomic mass is 10.1. The van der Waals surface area contributed by atoms with Gasteiger partial charge in [0, 0.05) is 29.9 Å². The summed E-state index contributed by atoms with van der Waals surface area (Å²) in [7, 11) is 0. The minimum atomic E-state index is -0.350. The normalized spacial score (nSPS) is 13.8. The number of carbonyl (C=O) groups excluding carboxylic acids is 1. The summed E-state index contributed by atoms with van der Waals surface area (Å²) in [5.41, 5.74) is 2.43. The minimum absolute atomic E-state index is 0.212. The Balaban J connectivity index is 1.48. The zero-order valence-corrected chi connectivity index (χ0v) is 17.7. The van der Waals surface area contributed by atoms with Crippen molar-refractivity contribution in [1.82, 2.24) is 9.78 Å². The molecule has 1 fully saturated rings. The molecule has 0 unspecified atom stereocenters. The van der Waals surface area contributed by atoms with Gasteiger partial charge in [-0.15, -0.1) is 0 Å². The Morgan fingerprint density at radius 3 is 2.12 bits per heavy atom. The van der Waals surface area contributed by atoms with Crippen molar-refractivity contribution in [2.75, 3.05) is 23.3 Å². The third-order valence-corrected chi connectivity index (χ3v) is 5.87. The van der Waals surface area contributed by atoms with Gasteiger partial charge in [-0.3, -0.25) is 9.59 Å². The lowest BCUT2D eigenvalue weighted by Gasteiger charge is -2.28. The summed E-state index contributed by atoms with van der Waals surface area (Å²) >= 11 is 0. The van der Waals surface area contributed by atoms with Crippen molar-refractivity contribution < 1.29 is 4.79 Å². The van der Waals surface area contributed by atoms with Crippen LogP contribution >= 0.6 is 0 Å². The van der Waals surface area contributed by atoms with E-state index in [0.717, 1.165) is 13.1 Å². The molecule has 1 amide bonds. The zero-order valence-electron chi connectivity index (χ0n) is 17.7. The molecular weight excluding hydrogens is 400 g/mol. The summed E-state index contributed by atoms with van der Waals surface area (Å²) in [6.07, 6.45) is 3.72. The maximum atomic E-state index is 13.2. The number of benzene rings is 3. The van der Waals surface area contributed by atoms with Gasteiger partial charge in [0.2, 0.25) is 0 Å². The van der Waals surface area contributed by atoms with E-state index in [9.17, 15) is 9.59 Å². The number of nitrogens with zero attached hydrogens (tertiary/aromatic N) is 3.